The minimum absolute atomic E-state index is 0.0509. The molecule has 0 aliphatic carbocycles. The predicted octanol–water partition coefficient (Wildman–Crippen LogP) is 1.98. The highest BCUT2D eigenvalue weighted by atomic mass is 35.5. The maximum atomic E-state index is 12.0. The van der Waals surface area contributed by atoms with E-state index in [1.165, 1.54) is 18.3 Å². The second-order valence-corrected chi connectivity index (χ2v) is 5.58. The molecule has 0 saturated heterocycles. The van der Waals surface area contributed by atoms with Crippen molar-refractivity contribution in [3.63, 3.8) is 0 Å². The average molecular weight is 305 g/mol. The van der Waals surface area contributed by atoms with Gasteiger partial charge in [-0.2, -0.15) is 0 Å². The second kappa shape index (κ2) is 5.05. The molecule has 0 amide bonds. The van der Waals surface area contributed by atoms with Gasteiger partial charge in [0.1, 0.15) is 22.2 Å². The number of anilines is 1. The molecule has 0 spiro atoms. The van der Waals surface area contributed by atoms with Gasteiger partial charge in [-0.1, -0.05) is 23.2 Å². The molecule has 2 rings (SSSR count). The molecule has 9 heteroatoms. The topological polar surface area (TPSA) is 84.8 Å². The van der Waals surface area contributed by atoms with Gasteiger partial charge in [0, 0.05) is 18.5 Å². The first-order valence-electron chi connectivity index (χ1n) is 4.59. The largest absolute Gasteiger partial charge is 0.266 e. The molecule has 0 atom stereocenters. The van der Waals surface area contributed by atoms with Crippen LogP contribution in [-0.2, 0) is 10.0 Å². The van der Waals surface area contributed by atoms with Gasteiger partial charge in [0.05, 0.1) is 5.02 Å². The number of sulfonamides is 1. The quantitative estimate of drug-likeness (QED) is 0.876. The Hall–Kier alpha value is -1.44. The number of halogens is 2. The van der Waals surface area contributed by atoms with Crippen LogP contribution in [0.25, 0.3) is 0 Å². The van der Waals surface area contributed by atoms with Crippen LogP contribution in [0.2, 0.25) is 10.2 Å². The standard InChI is InChI=1S/C9H6Cl2N4O2S/c10-6-1-2-12-4-7(6)18(16,17)15-9-3-8(11)13-5-14-9/h1-5H,(H,13,14,15). The normalized spacial score (nSPS) is 11.2. The zero-order valence-corrected chi connectivity index (χ0v) is 11.0. The van der Waals surface area contributed by atoms with E-state index in [-0.39, 0.29) is 20.9 Å². The fourth-order valence-electron chi connectivity index (χ4n) is 1.14. The number of hydrogen-bond acceptors (Lipinski definition) is 5. The van der Waals surface area contributed by atoms with Crippen LogP contribution in [0.3, 0.4) is 0 Å². The van der Waals surface area contributed by atoms with Crippen molar-refractivity contribution >= 4 is 39.0 Å². The minimum atomic E-state index is -3.85. The van der Waals surface area contributed by atoms with Gasteiger partial charge in [0.15, 0.2) is 0 Å². The van der Waals surface area contributed by atoms with Crippen LogP contribution in [0.4, 0.5) is 5.82 Å². The van der Waals surface area contributed by atoms with E-state index in [4.69, 9.17) is 23.2 Å². The number of pyridine rings is 1. The second-order valence-electron chi connectivity index (χ2n) is 3.14. The van der Waals surface area contributed by atoms with Gasteiger partial charge in [-0.25, -0.2) is 18.4 Å². The number of rotatable bonds is 3. The van der Waals surface area contributed by atoms with Crippen LogP contribution in [-0.4, -0.2) is 23.4 Å². The highest BCUT2D eigenvalue weighted by molar-refractivity contribution is 7.92. The first-order chi connectivity index (χ1) is 8.49. The molecule has 0 aliphatic heterocycles. The molecule has 2 aromatic rings. The van der Waals surface area contributed by atoms with Crippen LogP contribution in [0, 0.1) is 0 Å². The molecule has 0 bridgehead atoms. The van der Waals surface area contributed by atoms with Gasteiger partial charge in [-0.05, 0) is 6.07 Å². The Bertz CT molecular complexity index is 678. The average Bonchev–Trinajstić information content (AvgIpc) is 2.28. The highest BCUT2D eigenvalue weighted by Gasteiger charge is 2.18. The number of nitrogens with one attached hydrogen (secondary N) is 1. The molecule has 6 nitrogen and oxygen atoms in total. The van der Waals surface area contributed by atoms with Gasteiger partial charge in [-0.15, -0.1) is 0 Å². The lowest BCUT2D eigenvalue weighted by atomic mass is 10.5. The zero-order chi connectivity index (χ0) is 13.2. The third-order valence-electron chi connectivity index (χ3n) is 1.90. The molecule has 0 aliphatic rings. The highest BCUT2D eigenvalue weighted by Crippen LogP contribution is 2.21. The van der Waals surface area contributed by atoms with Gasteiger partial charge in [-0.3, -0.25) is 9.71 Å². The minimum Gasteiger partial charge on any atom is -0.263 e. The number of hydrogen-bond donors (Lipinski definition) is 1. The van der Waals surface area contributed by atoms with E-state index in [2.05, 4.69) is 19.7 Å². The van der Waals surface area contributed by atoms with Gasteiger partial charge < -0.3 is 0 Å². The van der Waals surface area contributed by atoms with Crippen molar-refractivity contribution in [3.05, 3.63) is 41.0 Å². The maximum absolute atomic E-state index is 12.0. The number of nitrogens with zero attached hydrogens (tertiary/aromatic N) is 3. The SMILES string of the molecule is O=S(=O)(Nc1cc(Cl)ncn1)c1cnccc1Cl. The Morgan fingerprint density at radius 1 is 1.22 bits per heavy atom. The summed E-state index contributed by atoms with van der Waals surface area (Å²) in [6, 6.07) is 2.66. The third kappa shape index (κ3) is 2.87. The molecular weight excluding hydrogens is 299 g/mol. The summed E-state index contributed by atoms with van der Waals surface area (Å²) in [5.41, 5.74) is 0. The number of aromatic nitrogens is 3. The molecule has 94 valence electrons. The lowest BCUT2D eigenvalue weighted by Crippen LogP contribution is -2.14. The van der Waals surface area contributed by atoms with Crippen molar-refractivity contribution in [1.82, 2.24) is 15.0 Å². The Kier molecular flexibility index (Phi) is 3.65. The van der Waals surface area contributed by atoms with Gasteiger partial charge in [0.2, 0.25) is 0 Å². The van der Waals surface area contributed by atoms with E-state index in [9.17, 15) is 8.42 Å². The van der Waals surface area contributed by atoms with E-state index in [1.54, 1.807) is 0 Å². The smallest absolute Gasteiger partial charge is 0.263 e. The van der Waals surface area contributed by atoms with Crippen molar-refractivity contribution in [2.45, 2.75) is 4.90 Å². The fraction of sp³-hybridized carbons (Fsp3) is 0. The molecule has 1 N–H and O–H groups in total. The maximum Gasteiger partial charge on any atom is 0.266 e. The molecule has 0 aromatic carbocycles. The molecule has 2 aromatic heterocycles. The Morgan fingerprint density at radius 3 is 2.67 bits per heavy atom. The van der Waals surface area contributed by atoms with E-state index < -0.39 is 10.0 Å². The van der Waals surface area contributed by atoms with Crippen molar-refractivity contribution in [1.29, 1.82) is 0 Å². The van der Waals surface area contributed by atoms with E-state index in [0.717, 1.165) is 12.5 Å². The molecule has 0 radical (unpaired) electrons. The van der Waals surface area contributed by atoms with Crippen LogP contribution < -0.4 is 4.72 Å². The van der Waals surface area contributed by atoms with Crippen molar-refractivity contribution < 1.29 is 8.42 Å². The summed E-state index contributed by atoms with van der Waals surface area (Å²) >= 11 is 11.4. The molecule has 2 heterocycles. The molecular formula is C9H6Cl2N4O2S. The van der Waals surface area contributed by atoms with Crippen LogP contribution >= 0.6 is 23.2 Å². The van der Waals surface area contributed by atoms with Crippen molar-refractivity contribution in [2.75, 3.05) is 4.72 Å². The van der Waals surface area contributed by atoms with Crippen LogP contribution in [0.1, 0.15) is 0 Å². The summed E-state index contributed by atoms with van der Waals surface area (Å²) in [7, 11) is -3.85. The first kappa shape index (κ1) is 13.0. The summed E-state index contributed by atoms with van der Waals surface area (Å²) in [4.78, 5) is 10.9. The summed E-state index contributed by atoms with van der Waals surface area (Å²) in [5.74, 6) is 0.0509. The molecule has 0 fully saturated rings. The van der Waals surface area contributed by atoms with E-state index >= 15 is 0 Å². The van der Waals surface area contributed by atoms with Gasteiger partial charge >= 0.3 is 0 Å². The predicted molar refractivity (Wildman–Crippen MR) is 67.1 cm³/mol. The molecule has 0 saturated carbocycles. The van der Waals surface area contributed by atoms with E-state index in [0.29, 0.717) is 0 Å². The lowest BCUT2D eigenvalue weighted by Gasteiger charge is -2.07. The van der Waals surface area contributed by atoms with E-state index in [1.807, 2.05) is 0 Å². The monoisotopic (exact) mass is 304 g/mol. The summed E-state index contributed by atoms with van der Waals surface area (Å²) in [6.07, 6.45) is 3.68. The zero-order valence-electron chi connectivity index (χ0n) is 8.71. The summed E-state index contributed by atoms with van der Waals surface area (Å²) in [5, 5.41) is 0.192. The Morgan fingerprint density at radius 2 is 2.00 bits per heavy atom. The Balaban J connectivity index is 2.37. The first-order valence-corrected chi connectivity index (χ1v) is 6.83. The Labute approximate surface area is 113 Å². The van der Waals surface area contributed by atoms with Crippen LogP contribution in [0.15, 0.2) is 35.7 Å². The summed E-state index contributed by atoms with van der Waals surface area (Å²) < 4.78 is 26.2. The molecule has 18 heavy (non-hydrogen) atoms. The fourth-order valence-corrected chi connectivity index (χ4v) is 2.72. The van der Waals surface area contributed by atoms with Gasteiger partial charge in [0.25, 0.3) is 10.0 Å². The van der Waals surface area contributed by atoms with Crippen LogP contribution in [0.5, 0.6) is 0 Å². The van der Waals surface area contributed by atoms with Crippen molar-refractivity contribution in [3.8, 4) is 0 Å². The summed E-state index contributed by atoms with van der Waals surface area (Å²) in [6.45, 7) is 0. The van der Waals surface area contributed by atoms with Crippen molar-refractivity contribution in [2.24, 2.45) is 0 Å². The lowest BCUT2D eigenvalue weighted by molar-refractivity contribution is 0.600. The third-order valence-corrected chi connectivity index (χ3v) is 3.93. The molecule has 0 unspecified atom stereocenters.